The highest BCUT2D eigenvalue weighted by molar-refractivity contribution is 6.18. The Balaban J connectivity index is 1.99. The summed E-state index contributed by atoms with van der Waals surface area (Å²) in [4.78, 5) is 30.2. The molecule has 160 valence electrons. The molecule has 2 N–H and O–H groups in total. The monoisotopic (exact) mass is 442 g/mol. The first-order valence-electron chi connectivity index (χ1n) is 9.81. The lowest BCUT2D eigenvalue weighted by molar-refractivity contribution is -0.129. The van der Waals surface area contributed by atoms with E-state index >= 15 is 0 Å². The molecule has 0 spiro atoms. The van der Waals surface area contributed by atoms with E-state index in [-0.39, 0.29) is 11.7 Å². The van der Waals surface area contributed by atoms with Crippen LogP contribution in [0.25, 0.3) is 11.0 Å². The van der Waals surface area contributed by atoms with Gasteiger partial charge in [-0.1, -0.05) is 12.8 Å². The zero-order valence-electron chi connectivity index (χ0n) is 16.7. The van der Waals surface area contributed by atoms with Crippen molar-refractivity contribution in [3.8, 4) is 0 Å². The molecule has 0 unspecified atom stereocenters. The lowest BCUT2D eigenvalue weighted by Crippen LogP contribution is -2.27. The van der Waals surface area contributed by atoms with E-state index in [1.807, 2.05) is 29.8 Å². The molecule has 0 aliphatic carbocycles. The predicted molar refractivity (Wildman–Crippen MR) is 116 cm³/mol. The highest BCUT2D eigenvalue weighted by Crippen LogP contribution is 2.23. The van der Waals surface area contributed by atoms with Crippen LogP contribution >= 0.6 is 23.2 Å². The average Bonchev–Trinajstić information content (AvgIpc) is 3.06. The van der Waals surface area contributed by atoms with Crippen LogP contribution in [0, 0.1) is 0 Å². The predicted octanol–water partition coefficient (Wildman–Crippen LogP) is 3.89. The van der Waals surface area contributed by atoms with Crippen molar-refractivity contribution in [3.05, 3.63) is 24.0 Å². The summed E-state index contributed by atoms with van der Waals surface area (Å²) in [6.07, 6.45) is 3.83. The van der Waals surface area contributed by atoms with Gasteiger partial charge in [-0.3, -0.25) is 14.8 Å². The van der Waals surface area contributed by atoms with Crippen molar-refractivity contribution in [1.29, 1.82) is 0 Å². The van der Waals surface area contributed by atoms with Crippen molar-refractivity contribution < 1.29 is 14.8 Å². The van der Waals surface area contributed by atoms with E-state index in [1.54, 1.807) is 5.48 Å². The molecule has 1 aromatic heterocycles. The van der Waals surface area contributed by atoms with Gasteiger partial charge < -0.3 is 9.47 Å². The molecule has 0 bridgehead atoms. The van der Waals surface area contributed by atoms with Gasteiger partial charge in [0.15, 0.2) is 11.6 Å². The van der Waals surface area contributed by atoms with Crippen molar-refractivity contribution in [2.45, 2.75) is 38.5 Å². The van der Waals surface area contributed by atoms with Gasteiger partial charge in [-0.15, -0.1) is 23.2 Å². The molecule has 2 aromatic rings. The number of alkyl halides is 2. The van der Waals surface area contributed by atoms with Gasteiger partial charge in [-0.2, -0.15) is 0 Å². The number of imidazole rings is 1. The Kier molecular flexibility index (Phi) is 9.70. The number of ketones is 1. The smallest absolute Gasteiger partial charge is 0.243 e. The number of Topliss-reactive ketones (excluding diaryl/α,β-unsaturated/α-hetero) is 1. The van der Waals surface area contributed by atoms with Gasteiger partial charge in [0, 0.05) is 50.4 Å². The molecular weight excluding hydrogens is 415 g/mol. The number of aromatic nitrogens is 2. The molecule has 1 amide bonds. The summed E-state index contributed by atoms with van der Waals surface area (Å²) in [6, 6.07) is 5.94. The Hall–Kier alpha value is -1.83. The second-order valence-corrected chi connectivity index (χ2v) is 7.66. The van der Waals surface area contributed by atoms with E-state index < -0.39 is 0 Å². The van der Waals surface area contributed by atoms with Crippen LogP contribution < -0.4 is 10.4 Å². The fourth-order valence-electron chi connectivity index (χ4n) is 3.30. The number of nitrogens with zero attached hydrogens (tertiary/aromatic N) is 3. The second kappa shape index (κ2) is 12.0. The van der Waals surface area contributed by atoms with E-state index in [1.165, 1.54) is 0 Å². The number of hydrogen-bond acceptors (Lipinski definition) is 5. The summed E-state index contributed by atoms with van der Waals surface area (Å²) < 4.78 is 1.83. The maximum absolute atomic E-state index is 12.6. The van der Waals surface area contributed by atoms with E-state index in [9.17, 15) is 9.59 Å². The minimum atomic E-state index is -0.379. The first kappa shape index (κ1) is 23.4. The topological polar surface area (TPSA) is 87.5 Å². The Bertz CT molecular complexity index is 819. The molecule has 0 radical (unpaired) electrons. The van der Waals surface area contributed by atoms with E-state index in [2.05, 4.69) is 9.88 Å². The number of unbranched alkanes of at least 4 members (excludes halogenated alkanes) is 3. The van der Waals surface area contributed by atoms with Crippen LogP contribution in [-0.2, 0) is 11.8 Å². The molecule has 2 rings (SSSR count). The number of anilines is 1. The normalized spacial score (nSPS) is 11.0. The van der Waals surface area contributed by atoms with Crippen molar-refractivity contribution in [1.82, 2.24) is 15.0 Å². The molecular formula is C20H28Cl2N4O3. The number of halogens is 2. The molecule has 1 aromatic carbocycles. The molecule has 0 saturated heterocycles. The Labute approximate surface area is 180 Å². The summed E-state index contributed by atoms with van der Waals surface area (Å²) in [5.74, 6) is 1.10. The van der Waals surface area contributed by atoms with Gasteiger partial charge >= 0.3 is 0 Å². The first-order chi connectivity index (χ1) is 14.0. The standard InChI is InChI=1S/C20H28Cl2N4O3/c1-25-17-9-8-15(26(12-10-21)13-11-22)14-16(17)23-20(25)18(27)6-4-2-3-5-7-19(28)24-29/h8-9,14,29H,2-7,10-13H2,1H3,(H,24,28). The summed E-state index contributed by atoms with van der Waals surface area (Å²) >= 11 is 11.8. The lowest BCUT2D eigenvalue weighted by atomic mass is 10.1. The van der Waals surface area contributed by atoms with Crippen molar-refractivity contribution in [2.24, 2.45) is 7.05 Å². The molecule has 0 aliphatic rings. The minimum Gasteiger partial charge on any atom is -0.369 e. The van der Waals surface area contributed by atoms with Crippen LogP contribution in [0.4, 0.5) is 5.69 Å². The second-order valence-electron chi connectivity index (χ2n) is 6.90. The summed E-state index contributed by atoms with van der Waals surface area (Å²) in [7, 11) is 1.85. The fraction of sp³-hybridized carbons (Fsp3) is 0.550. The number of amides is 1. The van der Waals surface area contributed by atoms with E-state index in [0.29, 0.717) is 49.9 Å². The highest BCUT2D eigenvalue weighted by Gasteiger charge is 2.16. The number of hydrogen-bond donors (Lipinski definition) is 2. The molecule has 29 heavy (non-hydrogen) atoms. The zero-order valence-corrected chi connectivity index (χ0v) is 18.2. The maximum atomic E-state index is 12.6. The molecule has 1 heterocycles. The number of carbonyl (C=O) groups is 2. The fourth-order valence-corrected chi connectivity index (χ4v) is 3.71. The molecule has 0 atom stereocenters. The summed E-state index contributed by atoms with van der Waals surface area (Å²) in [6.45, 7) is 1.39. The maximum Gasteiger partial charge on any atom is 0.243 e. The Morgan fingerprint density at radius 1 is 1.10 bits per heavy atom. The van der Waals surface area contributed by atoms with Gasteiger partial charge in [-0.05, 0) is 31.0 Å². The average molecular weight is 443 g/mol. The Morgan fingerprint density at radius 3 is 2.38 bits per heavy atom. The van der Waals surface area contributed by atoms with Crippen LogP contribution in [0.5, 0.6) is 0 Å². The quantitative estimate of drug-likeness (QED) is 0.161. The van der Waals surface area contributed by atoms with Gasteiger partial charge in [-0.25, -0.2) is 10.5 Å². The van der Waals surface area contributed by atoms with Crippen LogP contribution in [0.3, 0.4) is 0 Å². The summed E-state index contributed by atoms with van der Waals surface area (Å²) in [5, 5.41) is 8.46. The number of carbonyl (C=O) groups excluding carboxylic acids is 2. The number of hydroxylamine groups is 1. The highest BCUT2D eigenvalue weighted by atomic mass is 35.5. The van der Waals surface area contributed by atoms with Crippen molar-refractivity contribution in [3.63, 3.8) is 0 Å². The Morgan fingerprint density at radius 2 is 1.76 bits per heavy atom. The van der Waals surface area contributed by atoms with Gasteiger partial charge in [0.2, 0.25) is 5.91 Å². The molecule has 9 heteroatoms. The number of benzene rings is 1. The largest absolute Gasteiger partial charge is 0.369 e. The van der Waals surface area contributed by atoms with Crippen molar-refractivity contribution >= 4 is 51.6 Å². The van der Waals surface area contributed by atoms with Crippen LogP contribution in [-0.4, -0.2) is 51.3 Å². The zero-order chi connectivity index (χ0) is 21.2. The minimum absolute atomic E-state index is 0.0109. The summed E-state index contributed by atoms with van der Waals surface area (Å²) in [5.41, 5.74) is 4.29. The van der Waals surface area contributed by atoms with Gasteiger partial charge in [0.05, 0.1) is 11.0 Å². The van der Waals surface area contributed by atoms with Gasteiger partial charge in [0.25, 0.3) is 0 Å². The third-order valence-corrected chi connectivity index (χ3v) is 5.21. The SMILES string of the molecule is Cn1c(C(=O)CCCCCCC(=O)NO)nc2cc(N(CCCl)CCCl)ccc21. The third kappa shape index (κ3) is 6.59. The van der Waals surface area contributed by atoms with Gasteiger partial charge in [0.1, 0.15) is 0 Å². The number of aryl methyl sites for hydroxylation is 1. The van der Waals surface area contributed by atoms with Crippen LogP contribution in [0.2, 0.25) is 0 Å². The van der Waals surface area contributed by atoms with Crippen LogP contribution in [0.15, 0.2) is 18.2 Å². The van der Waals surface area contributed by atoms with E-state index in [0.717, 1.165) is 36.0 Å². The van der Waals surface area contributed by atoms with Crippen molar-refractivity contribution in [2.75, 3.05) is 29.7 Å². The number of fused-ring (bicyclic) bond motifs is 1. The molecule has 0 saturated carbocycles. The molecule has 0 aliphatic heterocycles. The van der Waals surface area contributed by atoms with E-state index in [4.69, 9.17) is 28.4 Å². The first-order valence-corrected chi connectivity index (χ1v) is 10.9. The lowest BCUT2D eigenvalue weighted by Gasteiger charge is -2.22. The molecule has 0 fully saturated rings. The third-order valence-electron chi connectivity index (χ3n) is 4.87. The number of rotatable bonds is 13. The number of nitrogens with one attached hydrogen (secondary N) is 1. The molecule has 7 nitrogen and oxygen atoms in total. The van der Waals surface area contributed by atoms with Crippen LogP contribution in [0.1, 0.15) is 49.1 Å².